The lowest BCUT2D eigenvalue weighted by atomic mass is 10.1. The standard InChI is InChI=1S/C23H22N2O3S/c1-17-7-6-8-18(2)23(17)25-29(27,28)21-14-12-20(13-15-21)24-22(26)16-11-19-9-4-3-5-10-19/h3-16,25H,1-2H3,(H,24,26). The van der Waals surface area contributed by atoms with E-state index >= 15 is 0 Å². The Balaban J connectivity index is 1.69. The molecule has 1 amide bonds. The number of aryl methyl sites for hydroxylation is 2. The number of hydrogen-bond donors (Lipinski definition) is 2. The zero-order valence-electron chi connectivity index (χ0n) is 16.2. The number of sulfonamides is 1. The second-order valence-corrected chi connectivity index (χ2v) is 8.31. The Hall–Kier alpha value is -3.38. The largest absolute Gasteiger partial charge is 0.323 e. The fourth-order valence-electron chi connectivity index (χ4n) is 2.81. The summed E-state index contributed by atoms with van der Waals surface area (Å²) in [4.78, 5) is 12.2. The molecule has 0 aliphatic heterocycles. The van der Waals surface area contributed by atoms with Crippen LogP contribution in [-0.2, 0) is 14.8 Å². The monoisotopic (exact) mass is 406 g/mol. The van der Waals surface area contributed by atoms with E-state index in [-0.39, 0.29) is 10.8 Å². The van der Waals surface area contributed by atoms with Crippen LogP contribution in [0.5, 0.6) is 0 Å². The highest BCUT2D eigenvalue weighted by Crippen LogP contribution is 2.24. The molecule has 0 aliphatic rings. The lowest BCUT2D eigenvalue weighted by molar-refractivity contribution is -0.111. The van der Waals surface area contributed by atoms with Crippen molar-refractivity contribution in [3.63, 3.8) is 0 Å². The minimum atomic E-state index is -3.73. The Morgan fingerprint density at radius 1 is 0.828 bits per heavy atom. The van der Waals surface area contributed by atoms with Gasteiger partial charge in [-0.05, 0) is 60.9 Å². The normalized spacial score (nSPS) is 11.4. The minimum Gasteiger partial charge on any atom is -0.323 e. The molecule has 3 rings (SSSR count). The molecule has 148 valence electrons. The lowest BCUT2D eigenvalue weighted by Crippen LogP contribution is -2.15. The molecule has 0 spiro atoms. The molecule has 0 atom stereocenters. The second kappa shape index (κ2) is 8.75. The number of amides is 1. The van der Waals surface area contributed by atoms with Gasteiger partial charge in [0.2, 0.25) is 5.91 Å². The molecule has 0 radical (unpaired) electrons. The van der Waals surface area contributed by atoms with Gasteiger partial charge in [-0.1, -0.05) is 48.5 Å². The first-order valence-electron chi connectivity index (χ1n) is 9.08. The summed E-state index contributed by atoms with van der Waals surface area (Å²) in [6.07, 6.45) is 3.14. The molecular formula is C23H22N2O3S. The van der Waals surface area contributed by atoms with Crippen LogP contribution in [0.1, 0.15) is 16.7 Å². The van der Waals surface area contributed by atoms with Gasteiger partial charge in [0.05, 0.1) is 10.6 Å². The van der Waals surface area contributed by atoms with Gasteiger partial charge in [-0.15, -0.1) is 0 Å². The van der Waals surface area contributed by atoms with Crippen LogP contribution in [0.15, 0.2) is 83.8 Å². The van der Waals surface area contributed by atoms with Crippen LogP contribution in [0, 0.1) is 13.8 Å². The Morgan fingerprint density at radius 3 is 2.07 bits per heavy atom. The quantitative estimate of drug-likeness (QED) is 0.580. The highest BCUT2D eigenvalue weighted by molar-refractivity contribution is 7.92. The first kappa shape index (κ1) is 20.4. The van der Waals surface area contributed by atoms with Crippen molar-refractivity contribution >= 4 is 33.4 Å². The molecule has 0 saturated carbocycles. The van der Waals surface area contributed by atoms with Crippen LogP contribution in [0.25, 0.3) is 6.08 Å². The van der Waals surface area contributed by atoms with Crippen molar-refractivity contribution in [3.8, 4) is 0 Å². The fraction of sp³-hybridized carbons (Fsp3) is 0.0870. The van der Waals surface area contributed by atoms with Crippen molar-refractivity contribution in [2.45, 2.75) is 18.7 Å². The number of para-hydroxylation sites is 1. The van der Waals surface area contributed by atoms with Gasteiger partial charge in [0, 0.05) is 11.8 Å². The van der Waals surface area contributed by atoms with Gasteiger partial charge in [-0.3, -0.25) is 9.52 Å². The van der Waals surface area contributed by atoms with Crippen molar-refractivity contribution < 1.29 is 13.2 Å². The summed E-state index contributed by atoms with van der Waals surface area (Å²) < 4.78 is 28.0. The van der Waals surface area contributed by atoms with E-state index in [4.69, 9.17) is 0 Å². The Kier molecular flexibility index (Phi) is 6.14. The maximum absolute atomic E-state index is 12.7. The summed E-state index contributed by atoms with van der Waals surface area (Å²) in [5, 5.41) is 2.72. The third-order valence-electron chi connectivity index (χ3n) is 4.38. The Bertz CT molecular complexity index is 1120. The highest BCUT2D eigenvalue weighted by Gasteiger charge is 2.16. The molecule has 0 saturated heterocycles. The van der Waals surface area contributed by atoms with E-state index in [0.29, 0.717) is 11.4 Å². The molecule has 0 bridgehead atoms. The third kappa shape index (κ3) is 5.33. The predicted octanol–water partition coefficient (Wildman–Crippen LogP) is 4.76. The zero-order valence-corrected chi connectivity index (χ0v) is 17.0. The molecular weight excluding hydrogens is 384 g/mol. The van der Waals surface area contributed by atoms with E-state index in [1.807, 2.05) is 62.4 Å². The second-order valence-electron chi connectivity index (χ2n) is 6.63. The minimum absolute atomic E-state index is 0.123. The molecule has 0 unspecified atom stereocenters. The fourth-order valence-corrected chi connectivity index (χ4v) is 4.01. The predicted molar refractivity (Wildman–Crippen MR) is 117 cm³/mol. The topological polar surface area (TPSA) is 75.3 Å². The number of rotatable bonds is 6. The first-order chi connectivity index (χ1) is 13.8. The van der Waals surface area contributed by atoms with Gasteiger partial charge in [-0.2, -0.15) is 0 Å². The summed E-state index contributed by atoms with van der Waals surface area (Å²) >= 11 is 0. The summed E-state index contributed by atoms with van der Waals surface area (Å²) in [7, 11) is -3.73. The molecule has 5 nitrogen and oxygen atoms in total. The molecule has 0 fully saturated rings. The first-order valence-corrected chi connectivity index (χ1v) is 10.6. The number of hydrogen-bond acceptors (Lipinski definition) is 3. The van der Waals surface area contributed by atoms with E-state index in [9.17, 15) is 13.2 Å². The molecule has 6 heteroatoms. The molecule has 29 heavy (non-hydrogen) atoms. The summed E-state index contributed by atoms with van der Waals surface area (Å²) in [5.41, 5.74) is 3.71. The Morgan fingerprint density at radius 2 is 1.45 bits per heavy atom. The molecule has 0 heterocycles. The average molecular weight is 407 g/mol. The van der Waals surface area contributed by atoms with Crippen molar-refractivity contribution in [1.82, 2.24) is 0 Å². The number of anilines is 2. The number of benzene rings is 3. The summed E-state index contributed by atoms with van der Waals surface area (Å²) in [5.74, 6) is -0.293. The van der Waals surface area contributed by atoms with Gasteiger partial charge < -0.3 is 5.32 Å². The molecule has 3 aromatic carbocycles. The van der Waals surface area contributed by atoms with Gasteiger partial charge in [0.25, 0.3) is 10.0 Å². The smallest absolute Gasteiger partial charge is 0.261 e. The number of carbonyl (C=O) groups is 1. The van der Waals surface area contributed by atoms with Crippen molar-refractivity contribution in [3.05, 3.63) is 95.6 Å². The molecule has 0 aromatic heterocycles. The van der Waals surface area contributed by atoms with E-state index < -0.39 is 10.0 Å². The van der Waals surface area contributed by atoms with E-state index in [2.05, 4.69) is 10.0 Å². The van der Waals surface area contributed by atoms with Crippen molar-refractivity contribution in [1.29, 1.82) is 0 Å². The van der Waals surface area contributed by atoms with Gasteiger partial charge in [-0.25, -0.2) is 8.42 Å². The zero-order chi connectivity index (χ0) is 20.9. The number of carbonyl (C=O) groups excluding carboxylic acids is 1. The summed E-state index contributed by atoms with van der Waals surface area (Å²) in [6.45, 7) is 3.71. The van der Waals surface area contributed by atoms with Gasteiger partial charge >= 0.3 is 0 Å². The maximum atomic E-state index is 12.7. The van der Waals surface area contributed by atoms with Gasteiger partial charge in [0.15, 0.2) is 0 Å². The van der Waals surface area contributed by atoms with Gasteiger partial charge in [0.1, 0.15) is 0 Å². The number of nitrogens with one attached hydrogen (secondary N) is 2. The van der Waals surface area contributed by atoms with E-state index in [1.54, 1.807) is 18.2 Å². The molecule has 0 aliphatic carbocycles. The van der Waals surface area contributed by atoms with Crippen LogP contribution in [-0.4, -0.2) is 14.3 Å². The molecule has 3 aromatic rings. The van der Waals surface area contributed by atoms with Crippen LogP contribution in [0.2, 0.25) is 0 Å². The molecule has 2 N–H and O–H groups in total. The highest BCUT2D eigenvalue weighted by atomic mass is 32.2. The van der Waals surface area contributed by atoms with Crippen LogP contribution in [0.4, 0.5) is 11.4 Å². The Labute approximate surface area is 171 Å². The lowest BCUT2D eigenvalue weighted by Gasteiger charge is -2.13. The van der Waals surface area contributed by atoms with E-state index in [1.165, 1.54) is 18.2 Å². The summed E-state index contributed by atoms with van der Waals surface area (Å²) in [6, 6.07) is 21.1. The SMILES string of the molecule is Cc1cccc(C)c1NS(=O)(=O)c1ccc(NC(=O)C=Cc2ccccc2)cc1. The van der Waals surface area contributed by atoms with Crippen LogP contribution < -0.4 is 10.0 Å². The van der Waals surface area contributed by atoms with Crippen molar-refractivity contribution in [2.75, 3.05) is 10.0 Å². The maximum Gasteiger partial charge on any atom is 0.261 e. The van der Waals surface area contributed by atoms with Crippen LogP contribution in [0.3, 0.4) is 0 Å². The average Bonchev–Trinajstić information content (AvgIpc) is 2.71. The van der Waals surface area contributed by atoms with E-state index in [0.717, 1.165) is 16.7 Å². The van der Waals surface area contributed by atoms with Crippen LogP contribution >= 0.6 is 0 Å². The van der Waals surface area contributed by atoms with Crippen molar-refractivity contribution in [2.24, 2.45) is 0 Å². The third-order valence-corrected chi connectivity index (χ3v) is 5.74.